The van der Waals surface area contributed by atoms with Crippen molar-refractivity contribution in [2.45, 2.75) is 44.6 Å². The second-order valence-electron chi connectivity index (χ2n) is 9.38. The highest BCUT2D eigenvalue weighted by Crippen LogP contribution is 2.32. The number of carbonyl (C=O) groups excluding carboxylic acids is 3. The van der Waals surface area contributed by atoms with Crippen molar-refractivity contribution in [3.63, 3.8) is 0 Å². The van der Waals surface area contributed by atoms with Crippen molar-refractivity contribution in [3.05, 3.63) is 42.6 Å². The summed E-state index contributed by atoms with van der Waals surface area (Å²) in [7, 11) is 1.61. The number of amides is 3. The Morgan fingerprint density at radius 1 is 1.25 bits per heavy atom. The Hall–Kier alpha value is -3.50. The van der Waals surface area contributed by atoms with Gasteiger partial charge in [0.25, 0.3) is 0 Å². The van der Waals surface area contributed by atoms with Gasteiger partial charge >= 0.3 is 0 Å². The summed E-state index contributed by atoms with van der Waals surface area (Å²) >= 11 is 0. The number of carbonyl (C=O) groups is 3. The molecule has 2 fully saturated rings. The highest BCUT2D eigenvalue weighted by molar-refractivity contribution is 5.97. The summed E-state index contributed by atoms with van der Waals surface area (Å²) < 4.78 is 5.27. The molecule has 2 atom stereocenters. The summed E-state index contributed by atoms with van der Waals surface area (Å²) in [5.74, 6) is 0.279. The Morgan fingerprint density at radius 2 is 2.06 bits per heavy atom. The van der Waals surface area contributed by atoms with Crippen LogP contribution in [-0.4, -0.2) is 64.7 Å². The van der Waals surface area contributed by atoms with Gasteiger partial charge in [0.2, 0.25) is 18.2 Å². The molecule has 3 N–H and O–H groups in total. The molecule has 0 radical (unpaired) electrons. The number of aromatic nitrogens is 1. The van der Waals surface area contributed by atoms with Gasteiger partial charge in [0, 0.05) is 18.3 Å². The highest BCUT2D eigenvalue weighted by atomic mass is 16.5. The number of hydrazine groups is 1. The average Bonchev–Trinajstić information content (AvgIpc) is 3.61. The molecule has 0 spiro atoms. The fraction of sp³-hybridized carbons (Fsp3) is 0.462. The number of ether oxygens (including phenoxy) is 1. The molecule has 0 bridgehead atoms. The predicted octanol–water partition coefficient (Wildman–Crippen LogP) is 2.85. The zero-order valence-electron chi connectivity index (χ0n) is 20.4. The molecule has 3 amide bonds. The van der Waals surface area contributed by atoms with E-state index >= 15 is 0 Å². The van der Waals surface area contributed by atoms with Crippen LogP contribution in [0, 0.1) is 11.8 Å². The normalized spacial score (nSPS) is 18.6. The van der Waals surface area contributed by atoms with Gasteiger partial charge in [-0.2, -0.15) is 0 Å². The molecule has 1 aromatic carbocycles. The lowest BCUT2D eigenvalue weighted by molar-refractivity contribution is -0.159. The van der Waals surface area contributed by atoms with Crippen LogP contribution in [0.1, 0.15) is 38.5 Å². The van der Waals surface area contributed by atoms with Gasteiger partial charge in [0.15, 0.2) is 0 Å². The van der Waals surface area contributed by atoms with Crippen LogP contribution in [0.25, 0.3) is 11.1 Å². The number of hydroxylamine groups is 2. The summed E-state index contributed by atoms with van der Waals surface area (Å²) in [6, 6.07) is 10.5. The Kier molecular flexibility index (Phi) is 8.50. The first kappa shape index (κ1) is 25.6. The van der Waals surface area contributed by atoms with E-state index in [0.29, 0.717) is 42.6 Å². The van der Waals surface area contributed by atoms with E-state index in [1.165, 1.54) is 5.01 Å². The molecular formula is C26H33N5O5. The van der Waals surface area contributed by atoms with Crippen LogP contribution in [0.5, 0.6) is 5.75 Å². The monoisotopic (exact) mass is 495 g/mol. The molecule has 36 heavy (non-hydrogen) atoms. The Bertz CT molecular complexity index is 1060. The Morgan fingerprint density at radius 3 is 2.75 bits per heavy atom. The lowest BCUT2D eigenvalue weighted by Gasteiger charge is -2.29. The molecule has 2 heterocycles. The first-order valence-corrected chi connectivity index (χ1v) is 12.4. The van der Waals surface area contributed by atoms with Crippen LogP contribution in [0.15, 0.2) is 42.6 Å². The van der Waals surface area contributed by atoms with Crippen LogP contribution in [0.2, 0.25) is 0 Å². The van der Waals surface area contributed by atoms with Crippen molar-refractivity contribution >= 4 is 24.0 Å². The van der Waals surface area contributed by atoms with Gasteiger partial charge in [-0.05, 0) is 48.6 Å². The second-order valence-corrected chi connectivity index (χ2v) is 9.38. The zero-order chi connectivity index (χ0) is 25.5. The van der Waals surface area contributed by atoms with E-state index < -0.39 is 12.0 Å². The topological polar surface area (TPSA) is 124 Å². The molecule has 1 saturated heterocycles. The van der Waals surface area contributed by atoms with Crippen molar-refractivity contribution in [1.29, 1.82) is 0 Å². The maximum atomic E-state index is 13.4. The van der Waals surface area contributed by atoms with E-state index in [4.69, 9.17) is 4.74 Å². The van der Waals surface area contributed by atoms with E-state index in [-0.39, 0.29) is 18.4 Å². The molecule has 2 aromatic rings. The number of methoxy groups -OCH3 is 1. The standard InChI is InChI=1S/C26H33N5O5/c1-36-22-8-4-7-19(14-22)20-9-10-24(27-15-20)29-25(33)23-11-12-28-31(23)26(34)21(16-30(35)17-32)13-18-5-2-3-6-18/h4,7-10,14-15,17-18,21,23,28,35H,2-3,5-6,11-13,16H2,1H3,(H,27,29,33)/t21-,23+/m1/s1. The third-order valence-electron chi connectivity index (χ3n) is 6.94. The van der Waals surface area contributed by atoms with E-state index in [9.17, 15) is 19.6 Å². The third kappa shape index (κ3) is 6.19. The van der Waals surface area contributed by atoms with Gasteiger partial charge in [-0.1, -0.05) is 37.8 Å². The van der Waals surface area contributed by atoms with Gasteiger partial charge in [-0.15, -0.1) is 0 Å². The molecule has 1 aliphatic carbocycles. The molecule has 10 nitrogen and oxygen atoms in total. The first-order valence-electron chi connectivity index (χ1n) is 12.4. The number of hydrogen-bond acceptors (Lipinski definition) is 7. The summed E-state index contributed by atoms with van der Waals surface area (Å²) in [6.07, 6.45) is 7.31. The van der Waals surface area contributed by atoms with E-state index in [1.54, 1.807) is 19.4 Å². The largest absolute Gasteiger partial charge is 0.497 e. The molecular weight excluding hydrogens is 462 g/mol. The number of hydrogen-bond donors (Lipinski definition) is 3. The number of nitrogens with zero attached hydrogens (tertiary/aromatic N) is 3. The summed E-state index contributed by atoms with van der Waals surface area (Å²) in [5.41, 5.74) is 4.84. The number of rotatable bonds is 10. The van der Waals surface area contributed by atoms with Gasteiger partial charge in [-0.3, -0.25) is 24.6 Å². The van der Waals surface area contributed by atoms with Gasteiger partial charge in [0.1, 0.15) is 17.6 Å². The Labute approximate surface area is 210 Å². The summed E-state index contributed by atoms with van der Waals surface area (Å²) in [6.45, 7) is 0.372. The van der Waals surface area contributed by atoms with Crippen LogP contribution < -0.4 is 15.5 Å². The Balaban J connectivity index is 1.42. The van der Waals surface area contributed by atoms with Crippen molar-refractivity contribution in [3.8, 4) is 16.9 Å². The number of nitrogens with one attached hydrogen (secondary N) is 2. The van der Waals surface area contributed by atoms with Crippen LogP contribution in [0.4, 0.5) is 5.82 Å². The van der Waals surface area contributed by atoms with Gasteiger partial charge in [0.05, 0.1) is 19.6 Å². The number of anilines is 1. The van der Waals surface area contributed by atoms with Crippen molar-refractivity contribution < 1.29 is 24.3 Å². The van der Waals surface area contributed by atoms with Crippen LogP contribution in [0.3, 0.4) is 0 Å². The first-order chi connectivity index (χ1) is 17.5. The molecule has 192 valence electrons. The molecule has 2 aliphatic rings. The SMILES string of the molecule is COc1cccc(-c2ccc(NC(=O)[C@@H]3CCNN3C(=O)[C@H](CC3CCCC3)CN(O)C=O)nc2)c1. The maximum Gasteiger partial charge on any atom is 0.250 e. The second kappa shape index (κ2) is 12.0. The summed E-state index contributed by atoms with van der Waals surface area (Å²) in [5, 5.41) is 14.5. The molecule has 0 unspecified atom stereocenters. The van der Waals surface area contributed by atoms with Gasteiger partial charge in [-0.25, -0.2) is 15.5 Å². The molecule has 1 saturated carbocycles. The average molecular weight is 496 g/mol. The van der Waals surface area contributed by atoms with Crippen LogP contribution >= 0.6 is 0 Å². The van der Waals surface area contributed by atoms with E-state index in [2.05, 4.69) is 15.7 Å². The zero-order valence-corrected chi connectivity index (χ0v) is 20.4. The lowest BCUT2D eigenvalue weighted by Crippen LogP contribution is -2.51. The molecule has 4 rings (SSSR count). The van der Waals surface area contributed by atoms with Crippen LogP contribution in [-0.2, 0) is 14.4 Å². The van der Waals surface area contributed by atoms with Crippen molar-refractivity contribution in [2.75, 3.05) is 25.5 Å². The summed E-state index contributed by atoms with van der Waals surface area (Å²) in [4.78, 5) is 41.9. The minimum absolute atomic E-state index is 0.0986. The quantitative estimate of drug-likeness (QED) is 0.263. The third-order valence-corrected chi connectivity index (χ3v) is 6.94. The lowest BCUT2D eigenvalue weighted by atomic mass is 9.92. The number of pyridine rings is 1. The molecule has 10 heteroatoms. The fourth-order valence-electron chi connectivity index (χ4n) is 5.06. The maximum absolute atomic E-state index is 13.4. The minimum Gasteiger partial charge on any atom is -0.497 e. The molecule has 1 aliphatic heterocycles. The van der Waals surface area contributed by atoms with Crippen molar-refractivity contribution in [2.24, 2.45) is 11.8 Å². The minimum atomic E-state index is -0.716. The smallest absolute Gasteiger partial charge is 0.250 e. The fourth-order valence-corrected chi connectivity index (χ4v) is 5.06. The number of benzene rings is 1. The van der Waals surface area contributed by atoms with E-state index in [1.807, 2.05) is 30.3 Å². The van der Waals surface area contributed by atoms with Crippen molar-refractivity contribution in [1.82, 2.24) is 20.5 Å². The van der Waals surface area contributed by atoms with E-state index in [0.717, 1.165) is 42.6 Å². The predicted molar refractivity (Wildman–Crippen MR) is 133 cm³/mol. The molecule has 1 aromatic heterocycles. The highest BCUT2D eigenvalue weighted by Gasteiger charge is 2.39. The van der Waals surface area contributed by atoms with Gasteiger partial charge < -0.3 is 10.1 Å².